The zero-order chi connectivity index (χ0) is 13.4. The topological polar surface area (TPSA) is 77.0 Å². The first-order valence-electron chi connectivity index (χ1n) is 6.10. The quantitative estimate of drug-likeness (QED) is 0.544. The number of anilines is 1. The molecule has 0 aliphatic carbocycles. The molecule has 0 spiro atoms. The lowest BCUT2D eigenvalue weighted by Gasteiger charge is -2.07. The van der Waals surface area contributed by atoms with E-state index in [4.69, 9.17) is 5.73 Å². The van der Waals surface area contributed by atoms with Crippen molar-refractivity contribution >= 4 is 16.7 Å². The summed E-state index contributed by atoms with van der Waals surface area (Å²) in [4.78, 5) is 8.65. The van der Waals surface area contributed by atoms with Gasteiger partial charge in [0.05, 0.1) is 17.4 Å². The van der Waals surface area contributed by atoms with Crippen molar-refractivity contribution in [2.75, 3.05) is 5.73 Å². The largest absolute Gasteiger partial charge is 0.506 e. The molecule has 0 amide bonds. The minimum absolute atomic E-state index is 0.0744. The van der Waals surface area contributed by atoms with Crippen molar-refractivity contribution in [1.29, 1.82) is 0 Å². The lowest BCUT2D eigenvalue weighted by atomic mass is 10.2. The fourth-order valence-electron chi connectivity index (χ4n) is 2.20. The van der Waals surface area contributed by atoms with Crippen molar-refractivity contribution in [2.45, 2.75) is 13.5 Å². The summed E-state index contributed by atoms with van der Waals surface area (Å²) in [7, 11) is 0. The van der Waals surface area contributed by atoms with Crippen molar-refractivity contribution in [2.24, 2.45) is 0 Å². The van der Waals surface area contributed by atoms with E-state index in [9.17, 15) is 5.11 Å². The van der Waals surface area contributed by atoms with Crippen LogP contribution in [0.5, 0.6) is 5.75 Å². The summed E-state index contributed by atoms with van der Waals surface area (Å²) in [6, 6.07) is 7.11. The van der Waals surface area contributed by atoms with Crippen LogP contribution in [0.15, 0.2) is 36.7 Å². The van der Waals surface area contributed by atoms with E-state index in [1.54, 1.807) is 24.5 Å². The third kappa shape index (κ3) is 1.79. The summed E-state index contributed by atoms with van der Waals surface area (Å²) >= 11 is 0. The van der Waals surface area contributed by atoms with Crippen LogP contribution in [-0.4, -0.2) is 19.6 Å². The molecular weight excluding hydrogens is 240 g/mol. The summed E-state index contributed by atoms with van der Waals surface area (Å²) in [5.74, 6) is 0.881. The number of hydrogen-bond acceptors (Lipinski definition) is 4. The summed E-state index contributed by atoms with van der Waals surface area (Å²) < 4.78 is 2.09. The Morgan fingerprint density at radius 1 is 1.32 bits per heavy atom. The number of fused-ring (bicyclic) bond motifs is 1. The molecule has 0 saturated carbocycles. The molecular formula is C14H14N4O. The predicted molar refractivity (Wildman–Crippen MR) is 74.7 cm³/mol. The maximum Gasteiger partial charge on any atom is 0.141 e. The predicted octanol–water partition coefficient (Wildman–Crippen LogP) is 2.41. The smallest absolute Gasteiger partial charge is 0.141 e. The van der Waals surface area contributed by atoms with Gasteiger partial charge in [0.15, 0.2) is 0 Å². The van der Waals surface area contributed by atoms with E-state index in [1.807, 2.05) is 12.1 Å². The van der Waals surface area contributed by atoms with Gasteiger partial charge < -0.3 is 15.4 Å². The maximum atomic E-state index is 9.73. The van der Waals surface area contributed by atoms with Gasteiger partial charge in [-0.2, -0.15) is 0 Å². The molecule has 0 unspecified atom stereocenters. The Morgan fingerprint density at radius 2 is 2.16 bits per heavy atom. The molecule has 0 atom stereocenters. The van der Waals surface area contributed by atoms with Gasteiger partial charge in [0.1, 0.15) is 17.1 Å². The van der Waals surface area contributed by atoms with Gasteiger partial charge in [-0.1, -0.05) is 0 Å². The van der Waals surface area contributed by atoms with Crippen molar-refractivity contribution in [1.82, 2.24) is 14.5 Å². The first-order valence-corrected chi connectivity index (χ1v) is 6.10. The first kappa shape index (κ1) is 11.5. The molecule has 19 heavy (non-hydrogen) atoms. The van der Waals surface area contributed by atoms with Crippen LogP contribution in [-0.2, 0) is 6.54 Å². The van der Waals surface area contributed by atoms with Crippen molar-refractivity contribution in [3.8, 4) is 17.1 Å². The number of phenols is 1. The number of rotatable bonds is 2. The van der Waals surface area contributed by atoms with Gasteiger partial charge in [-0.25, -0.2) is 4.98 Å². The SMILES string of the molecule is CCn1c(-c2ccc(N)c(O)c2)nc2cnccc21. The molecule has 1 aromatic carbocycles. The molecule has 0 saturated heterocycles. The number of aryl methyl sites for hydroxylation is 1. The average Bonchev–Trinajstić information content (AvgIpc) is 2.80. The normalized spacial score (nSPS) is 11.0. The number of phenolic OH excluding ortho intramolecular Hbond substituents is 1. The molecule has 2 aromatic heterocycles. The van der Waals surface area contributed by atoms with Crippen LogP contribution >= 0.6 is 0 Å². The number of aromatic nitrogens is 3. The monoisotopic (exact) mass is 254 g/mol. The van der Waals surface area contributed by atoms with E-state index in [0.29, 0.717) is 5.69 Å². The Hall–Kier alpha value is -2.56. The second-order valence-electron chi connectivity index (χ2n) is 4.32. The molecule has 5 heteroatoms. The van der Waals surface area contributed by atoms with Crippen LogP contribution < -0.4 is 5.73 Å². The molecule has 3 rings (SSSR count). The molecule has 0 radical (unpaired) electrons. The third-order valence-corrected chi connectivity index (χ3v) is 3.16. The molecule has 3 N–H and O–H groups in total. The van der Waals surface area contributed by atoms with Gasteiger partial charge in [-0.15, -0.1) is 0 Å². The van der Waals surface area contributed by atoms with Gasteiger partial charge in [-0.3, -0.25) is 4.98 Å². The molecule has 5 nitrogen and oxygen atoms in total. The number of benzene rings is 1. The lowest BCUT2D eigenvalue weighted by Crippen LogP contribution is -1.97. The number of pyridine rings is 1. The highest BCUT2D eigenvalue weighted by atomic mass is 16.3. The second kappa shape index (κ2) is 4.28. The molecule has 0 fully saturated rings. The van der Waals surface area contributed by atoms with Crippen LogP contribution in [0.2, 0.25) is 0 Å². The molecule has 96 valence electrons. The summed E-state index contributed by atoms with van der Waals surface area (Å²) in [6.07, 6.45) is 3.49. The molecule has 0 aliphatic rings. The van der Waals surface area contributed by atoms with E-state index in [1.165, 1.54) is 0 Å². The van der Waals surface area contributed by atoms with Crippen LogP contribution in [0.1, 0.15) is 6.92 Å². The van der Waals surface area contributed by atoms with Gasteiger partial charge in [0, 0.05) is 18.3 Å². The zero-order valence-electron chi connectivity index (χ0n) is 10.5. The highest BCUT2D eigenvalue weighted by Gasteiger charge is 2.12. The van der Waals surface area contributed by atoms with Gasteiger partial charge >= 0.3 is 0 Å². The Labute approximate surface area is 110 Å². The van der Waals surface area contributed by atoms with Crippen LogP contribution in [0.25, 0.3) is 22.4 Å². The van der Waals surface area contributed by atoms with Crippen molar-refractivity contribution in [3.05, 3.63) is 36.7 Å². The van der Waals surface area contributed by atoms with E-state index in [-0.39, 0.29) is 5.75 Å². The van der Waals surface area contributed by atoms with Crippen LogP contribution in [0, 0.1) is 0 Å². The minimum Gasteiger partial charge on any atom is -0.506 e. The van der Waals surface area contributed by atoms with Crippen molar-refractivity contribution in [3.63, 3.8) is 0 Å². The van der Waals surface area contributed by atoms with E-state index >= 15 is 0 Å². The number of hydrogen-bond donors (Lipinski definition) is 2. The molecule has 3 aromatic rings. The van der Waals surface area contributed by atoms with E-state index in [0.717, 1.165) is 29.0 Å². The minimum atomic E-state index is 0.0744. The van der Waals surface area contributed by atoms with E-state index < -0.39 is 0 Å². The molecule has 0 aliphatic heterocycles. The Bertz CT molecular complexity index is 748. The number of nitrogens with zero attached hydrogens (tertiary/aromatic N) is 3. The average molecular weight is 254 g/mol. The first-order chi connectivity index (χ1) is 9.20. The molecule has 2 heterocycles. The Kier molecular flexibility index (Phi) is 2.59. The standard InChI is InChI=1S/C14H14N4O/c1-2-18-12-5-6-16-8-11(12)17-14(18)9-3-4-10(15)13(19)7-9/h3-8,19H,2,15H2,1H3. The highest BCUT2D eigenvalue weighted by molar-refractivity contribution is 5.80. The van der Waals surface area contributed by atoms with Gasteiger partial charge in [0.25, 0.3) is 0 Å². The second-order valence-corrected chi connectivity index (χ2v) is 4.32. The number of nitrogens with two attached hydrogens (primary N) is 1. The summed E-state index contributed by atoms with van der Waals surface area (Å²) in [5, 5.41) is 9.73. The van der Waals surface area contributed by atoms with Crippen molar-refractivity contribution < 1.29 is 5.11 Å². The van der Waals surface area contributed by atoms with Crippen LogP contribution in [0.4, 0.5) is 5.69 Å². The fourth-order valence-corrected chi connectivity index (χ4v) is 2.20. The Morgan fingerprint density at radius 3 is 2.89 bits per heavy atom. The number of imidazole rings is 1. The van der Waals surface area contributed by atoms with Crippen LogP contribution in [0.3, 0.4) is 0 Å². The van der Waals surface area contributed by atoms with E-state index in [2.05, 4.69) is 21.5 Å². The highest BCUT2D eigenvalue weighted by Crippen LogP contribution is 2.29. The third-order valence-electron chi connectivity index (χ3n) is 3.16. The summed E-state index contributed by atoms with van der Waals surface area (Å²) in [5.41, 5.74) is 8.70. The van der Waals surface area contributed by atoms with Gasteiger partial charge in [-0.05, 0) is 31.2 Å². The van der Waals surface area contributed by atoms with Gasteiger partial charge in [0.2, 0.25) is 0 Å². The summed E-state index contributed by atoms with van der Waals surface area (Å²) in [6.45, 7) is 2.85. The number of aromatic hydroxyl groups is 1. The zero-order valence-corrected chi connectivity index (χ0v) is 10.5. The maximum absolute atomic E-state index is 9.73. The molecule has 0 bridgehead atoms. The number of nitrogen functional groups attached to an aromatic ring is 1. The Balaban J connectivity index is 2.26. The lowest BCUT2D eigenvalue weighted by molar-refractivity contribution is 0.478. The fraction of sp³-hybridized carbons (Fsp3) is 0.143.